The molecule has 0 N–H and O–H groups in total. The molecular weight excluding hydrogens is 184 g/mol. The van der Waals surface area contributed by atoms with Crippen molar-refractivity contribution in [3.05, 3.63) is 11.6 Å². The molecule has 2 aliphatic carbocycles. The quantitative estimate of drug-likeness (QED) is 0.687. The first kappa shape index (κ1) is 10.9. The summed E-state index contributed by atoms with van der Waals surface area (Å²) in [6.45, 7) is 6.97. The monoisotopic (exact) mass is 206 g/mol. The lowest BCUT2D eigenvalue weighted by atomic mass is 9.49. The molecule has 0 unspecified atom stereocenters. The topological polar surface area (TPSA) is 17.1 Å². The molecule has 1 heteroatoms. The van der Waals surface area contributed by atoms with E-state index in [-0.39, 0.29) is 0 Å². The molecule has 2 atom stereocenters. The first-order valence-electron chi connectivity index (χ1n) is 6.35. The van der Waals surface area contributed by atoms with Crippen LogP contribution < -0.4 is 0 Å². The number of carbonyl (C=O) groups excluding carboxylic acids is 1. The van der Waals surface area contributed by atoms with Crippen LogP contribution in [0, 0.1) is 17.3 Å². The molecular formula is C14H22O. The van der Waals surface area contributed by atoms with Gasteiger partial charge < -0.3 is 0 Å². The van der Waals surface area contributed by atoms with Crippen LogP contribution in [-0.4, -0.2) is 5.78 Å². The molecule has 1 nitrogen and oxygen atoms in total. The summed E-state index contributed by atoms with van der Waals surface area (Å²) in [6.07, 6.45) is 7.57. The van der Waals surface area contributed by atoms with Crippen LogP contribution in [0.15, 0.2) is 11.6 Å². The van der Waals surface area contributed by atoms with Crippen LogP contribution in [0.2, 0.25) is 0 Å². The van der Waals surface area contributed by atoms with Crippen molar-refractivity contribution in [1.82, 2.24) is 0 Å². The molecule has 0 aliphatic heterocycles. The second kappa shape index (κ2) is 3.77. The summed E-state index contributed by atoms with van der Waals surface area (Å²) in [5.74, 6) is 2.05. The fraction of sp³-hybridized carbons (Fsp3) is 0.786. The van der Waals surface area contributed by atoms with Gasteiger partial charge >= 0.3 is 0 Å². The third kappa shape index (κ3) is 1.56. The SMILES string of the molecule is CCC(CC)[C@H]1CC2=CC(=O)CC[C@@]21C. The maximum Gasteiger partial charge on any atom is 0.155 e. The van der Waals surface area contributed by atoms with Crippen LogP contribution in [0.25, 0.3) is 0 Å². The maximum absolute atomic E-state index is 11.3. The molecule has 15 heavy (non-hydrogen) atoms. The predicted octanol–water partition coefficient (Wildman–Crippen LogP) is 3.74. The number of hydrogen-bond donors (Lipinski definition) is 0. The molecule has 0 radical (unpaired) electrons. The first-order valence-corrected chi connectivity index (χ1v) is 6.35. The molecule has 0 aromatic carbocycles. The van der Waals surface area contributed by atoms with Gasteiger partial charge in [-0.1, -0.05) is 39.2 Å². The van der Waals surface area contributed by atoms with Crippen LogP contribution in [0.5, 0.6) is 0 Å². The molecule has 1 fully saturated rings. The zero-order chi connectivity index (χ0) is 11.1. The molecule has 84 valence electrons. The number of fused-ring (bicyclic) bond motifs is 1. The number of carbonyl (C=O) groups is 1. The number of rotatable bonds is 3. The Morgan fingerprint density at radius 3 is 2.67 bits per heavy atom. The zero-order valence-electron chi connectivity index (χ0n) is 10.2. The normalized spacial score (nSPS) is 34.8. The molecule has 0 amide bonds. The molecule has 2 aliphatic rings. The minimum atomic E-state index is 0.352. The Morgan fingerprint density at radius 1 is 1.47 bits per heavy atom. The molecule has 0 aromatic rings. The smallest absolute Gasteiger partial charge is 0.155 e. The van der Waals surface area contributed by atoms with E-state index < -0.39 is 0 Å². The van der Waals surface area contributed by atoms with Gasteiger partial charge in [-0.2, -0.15) is 0 Å². The van der Waals surface area contributed by atoms with Crippen LogP contribution >= 0.6 is 0 Å². The average molecular weight is 206 g/mol. The summed E-state index contributed by atoms with van der Waals surface area (Å²) in [7, 11) is 0. The number of allylic oxidation sites excluding steroid dienone is 2. The lowest BCUT2D eigenvalue weighted by molar-refractivity contribution is -0.117. The molecule has 0 spiro atoms. The third-order valence-corrected chi connectivity index (χ3v) is 4.84. The number of ketones is 1. The fourth-order valence-electron chi connectivity index (χ4n) is 3.57. The van der Waals surface area contributed by atoms with Gasteiger partial charge in [0.15, 0.2) is 5.78 Å². The standard InChI is InChI=1S/C14H22O/c1-4-10(5-2)13-9-11-8-12(15)6-7-14(11,13)3/h8,10,13H,4-7,9H2,1-3H3/t13-,14+/m1/s1. The van der Waals surface area contributed by atoms with Gasteiger partial charge in [0.2, 0.25) is 0 Å². The van der Waals surface area contributed by atoms with Crippen molar-refractivity contribution >= 4 is 5.78 Å². The molecule has 2 rings (SSSR count). The average Bonchev–Trinajstić information content (AvgIpc) is 2.23. The highest BCUT2D eigenvalue weighted by Crippen LogP contribution is 2.59. The summed E-state index contributed by atoms with van der Waals surface area (Å²) in [5.41, 5.74) is 1.82. The van der Waals surface area contributed by atoms with Crippen molar-refractivity contribution < 1.29 is 4.79 Å². The van der Waals surface area contributed by atoms with Crippen molar-refractivity contribution in [2.45, 2.75) is 52.9 Å². The van der Waals surface area contributed by atoms with Gasteiger partial charge in [-0.15, -0.1) is 0 Å². The van der Waals surface area contributed by atoms with Crippen molar-refractivity contribution in [2.75, 3.05) is 0 Å². The second-order valence-corrected chi connectivity index (χ2v) is 5.44. The summed E-state index contributed by atoms with van der Waals surface area (Å²) in [6, 6.07) is 0. The predicted molar refractivity (Wildman–Crippen MR) is 62.6 cm³/mol. The largest absolute Gasteiger partial charge is 0.295 e. The Labute approximate surface area is 92.9 Å². The van der Waals surface area contributed by atoms with Gasteiger partial charge in [-0.3, -0.25) is 4.79 Å². The minimum Gasteiger partial charge on any atom is -0.295 e. The van der Waals surface area contributed by atoms with Crippen LogP contribution in [0.4, 0.5) is 0 Å². The third-order valence-electron chi connectivity index (χ3n) is 4.84. The van der Waals surface area contributed by atoms with E-state index in [0.29, 0.717) is 11.2 Å². The molecule has 1 saturated carbocycles. The lowest BCUT2D eigenvalue weighted by Crippen LogP contribution is -2.46. The fourth-order valence-corrected chi connectivity index (χ4v) is 3.57. The van der Waals surface area contributed by atoms with Crippen molar-refractivity contribution in [2.24, 2.45) is 17.3 Å². The van der Waals surface area contributed by atoms with Gasteiger partial charge in [0, 0.05) is 6.42 Å². The van der Waals surface area contributed by atoms with E-state index >= 15 is 0 Å². The Bertz CT molecular complexity index is 298. The Morgan fingerprint density at radius 2 is 2.13 bits per heavy atom. The van der Waals surface area contributed by atoms with Gasteiger partial charge in [0.1, 0.15) is 0 Å². The number of hydrogen-bond acceptors (Lipinski definition) is 1. The Hall–Kier alpha value is -0.590. The van der Waals surface area contributed by atoms with Gasteiger partial charge in [0.25, 0.3) is 0 Å². The Balaban J connectivity index is 2.16. The minimum absolute atomic E-state index is 0.352. The van der Waals surface area contributed by atoms with Crippen LogP contribution in [-0.2, 0) is 4.79 Å². The van der Waals surface area contributed by atoms with Gasteiger partial charge in [0.05, 0.1) is 0 Å². The van der Waals surface area contributed by atoms with E-state index in [0.717, 1.165) is 24.7 Å². The van der Waals surface area contributed by atoms with E-state index in [1.165, 1.54) is 24.8 Å². The van der Waals surface area contributed by atoms with E-state index in [9.17, 15) is 4.79 Å². The maximum atomic E-state index is 11.3. The van der Waals surface area contributed by atoms with E-state index in [4.69, 9.17) is 0 Å². The summed E-state index contributed by atoms with van der Waals surface area (Å²) >= 11 is 0. The molecule has 0 aromatic heterocycles. The van der Waals surface area contributed by atoms with Crippen molar-refractivity contribution in [1.29, 1.82) is 0 Å². The van der Waals surface area contributed by atoms with Crippen molar-refractivity contribution in [3.63, 3.8) is 0 Å². The highest BCUT2D eigenvalue weighted by molar-refractivity contribution is 5.92. The molecule has 0 bridgehead atoms. The molecule has 0 saturated heterocycles. The molecule has 0 heterocycles. The summed E-state index contributed by atoms with van der Waals surface area (Å²) in [5, 5.41) is 0. The highest BCUT2D eigenvalue weighted by atomic mass is 16.1. The summed E-state index contributed by atoms with van der Waals surface area (Å²) < 4.78 is 0. The van der Waals surface area contributed by atoms with Crippen LogP contribution in [0.3, 0.4) is 0 Å². The van der Waals surface area contributed by atoms with E-state index in [1.54, 1.807) is 0 Å². The highest BCUT2D eigenvalue weighted by Gasteiger charge is 2.50. The zero-order valence-corrected chi connectivity index (χ0v) is 10.2. The lowest BCUT2D eigenvalue weighted by Gasteiger charge is -2.55. The van der Waals surface area contributed by atoms with Gasteiger partial charge in [-0.05, 0) is 36.2 Å². The van der Waals surface area contributed by atoms with Crippen molar-refractivity contribution in [3.8, 4) is 0 Å². The second-order valence-electron chi connectivity index (χ2n) is 5.44. The Kier molecular flexibility index (Phi) is 2.74. The first-order chi connectivity index (χ1) is 7.11. The van der Waals surface area contributed by atoms with E-state index in [1.807, 2.05) is 6.08 Å². The van der Waals surface area contributed by atoms with Gasteiger partial charge in [-0.25, -0.2) is 0 Å². The summed E-state index contributed by atoms with van der Waals surface area (Å²) in [4.78, 5) is 11.3. The van der Waals surface area contributed by atoms with Crippen LogP contribution in [0.1, 0.15) is 52.9 Å². The van der Waals surface area contributed by atoms with E-state index in [2.05, 4.69) is 20.8 Å².